The highest BCUT2D eigenvalue weighted by atomic mass is 127. The van der Waals surface area contributed by atoms with Crippen molar-refractivity contribution in [1.29, 1.82) is 0 Å². The number of carbonyl (C=O) groups excluding carboxylic acids is 1. The molecule has 8 nitrogen and oxygen atoms in total. The van der Waals surface area contributed by atoms with E-state index >= 15 is 0 Å². The van der Waals surface area contributed by atoms with E-state index in [1.165, 1.54) is 10.5 Å². The molecular weight excluding hydrogens is 499 g/mol. The summed E-state index contributed by atoms with van der Waals surface area (Å²) in [6, 6.07) is 7.95. The summed E-state index contributed by atoms with van der Waals surface area (Å²) in [5.74, 6) is 1.37. The Balaban J connectivity index is 0.00000450. The van der Waals surface area contributed by atoms with Crippen LogP contribution >= 0.6 is 24.0 Å². The van der Waals surface area contributed by atoms with Crippen LogP contribution in [-0.4, -0.2) is 82.5 Å². The number of hydrogen-bond acceptors (Lipinski definition) is 5. The van der Waals surface area contributed by atoms with Gasteiger partial charge in [0.25, 0.3) is 0 Å². The van der Waals surface area contributed by atoms with Crippen LogP contribution in [0.4, 0.5) is 0 Å². The van der Waals surface area contributed by atoms with Gasteiger partial charge in [0.1, 0.15) is 12.3 Å². The van der Waals surface area contributed by atoms with E-state index in [0.29, 0.717) is 38.7 Å². The number of amides is 1. The van der Waals surface area contributed by atoms with Gasteiger partial charge >= 0.3 is 0 Å². The minimum atomic E-state index is -0.0985. The molecule has 1 aromatic carbocycles. The van der Waals surface area contributed by atoms with Crippen LogP contribution < -0.4 is 15.4 Å². The van der Waals surface area contributed by atoms with Crippen LogP contribution in [0, 0.1) is 5.41 Å². The maximum atomic E-state index is 11.9. The van der Waals surface area contributed by atoms with Crippen molar-refractivity contribution in [3.8, 4) is 5.75 Å². The molecule has 1 atom stereocenters. The zero-order chi connectivity index (χ0) is 21.1. The molecule has 170 valence electrons. The van der Waals surface area contributed by atoms with Gasteiger partial charge in [-0.15, -0.1) is 24.0 Å². The van der Waals surface area contributed by atoms with Crippen molar-refractivity contribution in [2.75, 3.05) is 60.7 Å². The summed E-state index contributed by atoms with van der Waals surface area (Å²) in [7, 11) is 5.08. The van der Waals surface area contributed by atoms with Gasteiger partial charge in [0, 0.05) is 45.8 Å². The fourth-order valence-electron chi connectivity index (χ4n) is 3.16. The molecule has 3 N–H and O–H groups in total. The molecule has 9 heteroatoms. The average molecular weight is 534 g/mol. The van der Waals surface area contributed by atoms with Crippen molar-refractivity contribution in [1.82, 2.24) is 15.5 Å². The summed E-state index contributed by atoms with van der Waals surface area (Å²) in [5.41, 5.74) is 1.08. The van der Waals surface area contributed by atoms with E-state index in [2.05, 4.69) is 15.6 Å². The van der Waals surface area contributed by atoms with Gasteiger partial charge in [0.2, 0.25) is 5.91 Å². The van der Waals surface area contributed by atoms with Crippen LogP contribution in [0.15, 0.2) is 29.3 Å². The highest BCUT2D eigenvalue weighted by molar-refractivity contribution is 14.0. The number of likely N-dealkylation sites (N-methyl/N-ethyl adjacent to an activating group) is 1. The lowest BCUT2D eigenvalue weighted by molar-refractivity contribution is -0.127. The predicted molar refractivity (Wildman–Crippen MR) is 129 cm³/mol. The van der Waals surface area contributed by atoms with Crippen molar-refractivity contribution < 1.29 is 19.4 Å². The summed E-state index contributed by atoms with van der Waals surface area (Å²) in [5, 5.41) is 16.1. The minimum absolute atomic E-state index is 0. The lowest BCUT2D eigenvalue weighted by atomic mass is 9.84. The van der Waals surface area contributed by atoms with Crippen LogP contribution in [0.25, 0.3) is 0 Å². The van der Waals surface area contributed by atoms with E-state index in [-0.39, 0.29) is 48.5 Å². The molecule has 1 heterocycles. The van der Waals surface area contributed by atoms with Crippen LogP contribution in [0.1, 0.15) is 18.4 Å². The van der Waals surface area contributed by atoms with E-state index in [1.54, 1.807) is 21.2 Å². The van der Waals surface area contributed by atoms with E-state index < -0.39 is 0 Å². The highest BCUT2D eigenvalue weighted by Crippen LogP contribution is 2.31. The standard InChI is InChI=1S/C21H34N4O4.HI/c1-25(2)19(27)14-23-20(24-15-21(9-12-26)10-13-29-16-21)22-11-8-17-4-6-18(28-3)7-5-17;/h4-7,26H,8-16H2,1-3H3,(H2,22,23,24);1H. The zero-order valence-electron chi connectivity index (χ0n) is 18.1. The molecule has 0 saturated carbocycles. The smallest absolute Gasteiger partial charge is 0.243 e. The topological polar surface area (TPSA) is 95.4 Å². The Labute approximate surface area is 196 Å². The van der Waals surface area contributed by atoms with Gasteiger partial charge in [0.05, 0.1) is 13.7 Å². The van der Waals surface area contributed by atoms with Gasteiger partial charge in [-0.2, -0.15) is 0 Å². The van der Waals surface area contributed by atoms with E-state index in [4.69, 9.17) is 9.47 Å². The molecule has 1 fully saturated rings. The van der Waals surface area contributed by atoms with Crippen LogP contribution in [0.5, 0.6) is 5.75 Å². The normalized spacial score (nSPS) is 18.5. The molecule has 1 aromatic rings. The Morgan fingerprint density at radius 2 is 2.03 bits per heavy atom. The molecule has 1 aliphatic rings. The van der Waals surface area contributed by atoms with Gasteiger partial charge in [-0.25, -0.2) is 4.99 Å². The SMILES string of the molecule is COc1ccc(CCNC(=NCC(=O)N(C)C)NCC2(CCO)CCOC2)cc1.I. The minimum Gasteiger partial charge on any atom is -0.497 e. The molecule has 1 amide bonds. The summed E-state index contributed by atoms with van der Waals surface area (Å²) < 4.78 is 10.7. The maximum Gasteiger partial charge on any atom is 0.243 e. The van der Waals surface area contributed by atoms with Gasteiger partial charge < -0.3 is 30.1 Å². The molecular formula is C21H35IN4O4. The molecule has 0 aliphatic carbocycles. The zero-order valence-corrected chi connectivity index (χ0v) is 20.5. The number of hydrogen-bond donors (Lipinski definition) is 3. The third-order valence-corrected chi connectivity index (χ3v) is 5.19. The summed E-state index contributed by atoms with van der Waals surface area (Å²) in [4.78, 5) is 17.9. The number of guanidine groups is 1. The second kappa shape index (κ2) is 13.7. The van der Waals surface area contributed by atoms with Crippen molar-refractivity contribution in [3.05, 3.63) is 29.8 Å². The van der Waals surface area contributed by atoms with Crippen LogP contribution in [0.2, 0.25) is 0 Å². The number of aliphatic imine (C=N–C) groups is 1. The number of aliphatic hydroxyl groups excluding tert-OH is 1. The van der Waals surface area contributed by atoms with Gasteiger partial charge in [0.15, 0.2) is 5.96 Å². The average Bonchev–Trinajstić information content (AvgIpc) is 3.18. The lowest BCUT2D eigenvalue weighted by Gasteiger charge is -2.28. The fourth-order valence-corrected chi connectivity index (χ4v) is 3.16. The Kier molecular flexibility index (Phi) is 12.0. The Morgan fingerprint density at radius 1 is 1.30 bits per heavy atom. The molecule has 0 aromatic heterocycles. The molecule has 1 unspecified atom stereocenters. The Bertz CT molecular complexity index is 661. The Morgan fingerprint density at radius 3 is 2.60 bits per heavy atom. The summed E-state index contributed by atoms with van der Waals surface area (Å²) in [6.45, 7) is 2.85. The van der Waals surface area contributed by atoms with Crippen molar-refractivity contribution in [2.24, 2.45) is 10.4 Å². The molecule has 1 saturated heterocycles. The molecule has 1 aliphatic heterocycles. The molecule has 2 rings (SSSR count). The number of aliphatic hydroxyl groups is 1. The predicted octanol–water partition coefficient (Wildman–Crippen LogP) is 1.27. The van der Waals surface area contributed by atoms with Gasteiger partial charge in [-0.1, -0.05) is 12.1 Å². The van der Waals surface area contributed by atoms with E-state index in [9.17, 15) is 9.90 Å². The number of methoxy groups -OCH3 is 1. The Hall–Kier alpha value is -1.59. The number of nitrogens with zero attached hydrogens (tertiary/aromatic N) is 2. The quantitative estimate of drug-likeness (QED) is 0.238. The number of ether oxygens (including phenoxy) is 2. The second-order valence-corrected chi connectivity index (χ2v) is 7.61. The summed E-state index contributed by atoms with van der Waals surface area (Å²) >= 11 is 0. The fraction of sp³-hybridized carbons (Fsp3) is 0.619. The first-order valence-corrected chi connectivity index (χ1v) is 10.0. The number of carbonyl (C=O) groups is 1. The van der Waals surface area contributed by atoms with E-state index in [0.717, 1.165) is 18.6 Å². The van der Waals surface area contributed by atoms with Crippen molar-refractivity contribution in [2.45, 2.75) is 19.3 Å². The highest BCUT2D eigenvalue weighted by Gasteiger charge is 2.34. The van der Waals surface area contributed by atoms with E-state index in [1.807, 2.05) is 24.3 Å². The number of benzene rings is 1. The number of rotatable bonds is 10. The first-order valence-electron chi connectivity index (χ1n) is 10.0. The monoisotopic (exact) mass is 534 g/mol. The number of halogens is 1. The third-order valence-electron chi connectivity index (χ3n) is 5.19. The van der Waals surface area contributed by atoms with Crippen LogP contribution in [-0.2, 0) is 16.0 Å². The second-order valence-electron chi connectivity index (χ2n) is 7.61. The maximum absolute atomic E-state index is 11.9. The van der Waals surface area contributed by atoms with Crippen LogP contribution in [0.3, 0.4) is 0 Å². The first kappa shape index (κ1) is 26.4. The number of nitrogens with one attached hydrogen (secondary N) is 2. The largest absolute Gasteiger partial charge is 0.497 e. The molecule has 0 radical (unpaired) electrons. The first-order chi connectivity index (χ1) is 14.0. The third kappa shape index (κ3) is 8.65. The molecule has 0 bridgehead atoms. The van der Waals surface area contributed by atoms with Gasteiger partial charge in [-0.05, 0) is 37.0 Å². The molecule has 30 heavy (non-hydrogen) atoms. The van der Waals surface area contributed by atoms with Crippen molar-refractivity contribution >= 4 is 35.8 Å². The van der Waals surface area contributed by atoms with Gasteiger partial charge in [-0.3, -0.25) is 4.79 Å². The summed E-state index contributed by atoms with van der Waals surface area (Å²) in [6.07, 6.45) is 2.39. The lowest BCUT2D eigenvalue weighted by Crippen LogP contribution is -2.45. The molecule has 0 spiro atoms. The van der Waals surface area contributed by atoms with Crippen molar-refractivity contribution in [3.63, 3.8) is 0 Å².